The number of nitrogens with zero attached hydrogens (tertiary/aromatic N) is 3. The predicted octanol–water partition coefficient (Wildman–Crippen LogP) is 1.94. The number of furan rings is 1. The maximum absolute atomic E-state index is 12.6. The summed E-state index contributed by atoms with van der Waals surface area (Å²) in [7, 11) is 3.93. The zero-order chi connectivity index (χ0) is 17.1. The predicted molar refractivity (Wildman–Crippen MR) is 91.3 cm³/mol. The fourth-order valence-electron chi connectivity index (χ4n) is 2.75. The van der Waals surface area contributed by atoms with E-state index in [-0.39, 0.29) is 11.8 Å². The van der Waals surface area contributed by atoms with Crippen molar-refractivity contribution >= 4 is 17.5 Å². The third kappa shape index (κ3) is 3.27. The standard InChI is InChI=1S/C18H21N3O3/c1-19(2)15-7-5-14(6-8-15)17(22)20-9-11-21(12-10-20)18(23)16-4-3-13-24-16/h3-8,13H,9-12H2,1-2H3. The van der Waals surface area contributed by atoms with Gasteiger partial charge in [-0.25, -0.2) is 0 Å². The van der Waals surface area contributed by atoms with E-state index in [4.69, 9.17) is 4.42 Å². The Morgan fingerprint density at radius 3 is 2.00 bits per heavy atom. The highest BCUT2D eigenvalue weighted by atomic mass is 16.3. The highest BCUT2D eigenvalue weighted by molar-refractivity contribution is 5.95. The quantitative estimate of drug-likeness (QED) is 0.864. The number of carbonyl (C=O) groups is 2. The lowest BCUT2D eigenvalue weighted by molar-refractivity contribution is 0.0518. The van der Waals surface area contributed by atoms with E-state index in [1.807, 2.05) is 43.3 Å². The molecule has 0 atom stereocenters. The molecule has 6 heteroatoms. The van der Waals surface area contributed by atoms with Gasteiger partial charge in [-0.05, 0) is 36.4 Å². The maximum Gasteiger partial charge on any atom is 0.289 e. The van der Waals surface area contributed by atoms with E-state index in [2.05, 4.69) is 0 Å². The maximum atomic E-state index is 12.6. The molecule has 3 rings (SSSR count). The van der Waals surface area contributed by atoms with Crippen LogP contribution < -0.4 is 4.90 Å². The van der Waals surface area contributed by atoms with Crippen LogP contribution in [0.4, 0.5) is 5.69 Å². The van der Waals surface area contributed by atoms with E-state index in [1.54, 1.807) is 21.9 Å². The summed E-state index contributed by atoms with van der Waals surface area (Å²) in [5.74, 6) is 0.224. The van der Waals surface area contributed by atoms with Gasteiger partial charge in [-0.1, -0.05) is 0 Å². The number of amides is 2. The number of hydrogen-bond acceptors (Lipinski definition) is 4. The molecule has 0 spiro atoms. The van der Waals surface area contributed by atoms with Crippen LogP contribution in [0.15, 0.2) is 47.1 Å². The van der Waals surface area contributed by atoms with Crippen molar-refractivity contribution in [1.29, 1.82) is 0 Å². The van der Waals surface area contributed by atoms with Crippen molar-refractivity contribution in [3.8, 4) is 0 Å². The molecule has 0 saturated carbocycles. The van der Waals surface area contributed by atoms with E-state index in [0.717, 1.165) is 5.69 Å². The molecule has 6 nitrogen and oxygen atoms in total. The largest absolute Gasteiger partial charge is 0.459 e. The summed E-state index contributed by atoms with van der Waals surface area (Å²) >= 11 is 0. The van der Waals surface area contributed by atoms with Crippen molar-refractivity contribution in [1.82, 2.24) is 9.80 Å². The lowest BCUT2D eigenvalue weighted by atomic mass is 10.1. The van der Waals surface area contributed by atoms with Crippen LogP contribution in [0.3, 0.4) is 0 Å². The Kier molecular flexibility index (Phi) is 4.55. The van der Waals surface area contributed by atoms with E-state index >= 15 is 0 Å². The second-order valence-electron chi connectivity index (χ2n) is 6.00. The lowest BCUT2D eigenvalue weighted by Crippen LogP contribution is -2.50. The van der Waals surface area contributed by atoms with Crippen molar-refractivity contribution in [3.05, 3.63) is 54.0 Å². The number of piperazine rings is 1. The number of anilines is 1. The Labute approximate surface area is 141 Å². The minimum absolute atomic E-state index is 0.00500. The van der Waals surface area contributed by atoms with Crippen LogP contribution in [0.5, 0.6) is 0 Å². The Bertz CT molecular complexity index is 700. The molecule has 1 aromatic heterocycles. The number of benzene rings is 1. The van der Waals surface area contributed by atoms with Gasteiger partial charge in [0.05, 0.1) is 6.26 Å². The number of rotatable bonds is 3. The minimum atomic E-state index is -0.123. The summed E-state index contributed by atoms with van der Waals surface area (Å²) in [6.45, 7) is 2.09. The topological polar surface area (TPSA) is 57.0 Å². The van der Waals surface area contributed by atoms with Gasteiger partial charge in [0.15, 0.2) is 5.76 Å². The molecule has 2 heterocycles. The minimum Gasteiger partial charge on any atom is -0.459 e. The van der Waals surface area contributed by atoms with Crippen LogP contribution in [0, 0.1) is 0 Å². The van der Waals surface area contributed by atoms with Crippen LogP contribution in [-0.4, -0.2) is 61.9 Å². The normalized spacial score (nSPS) is 14.6. The Morgan fingerprint density at radius 2 is 1.50 bits per heavy atom. The van der Waals surface area contributed by atoms with Crippen molar-refractivity contribution in [3.63, 3.8) is 0 Å². The lowest BCUT2D eigenvalue weighted by Gasteiger charge is -2.34. The average molecular weight is 327 g/mol. The monoisotopic (exact) mass is 327 g/mol. The van der Waals surface area contributed by atoms with Gasteiger partial charge in [0, 0.05) is 51.5 Å². The first-order valence-electron chi connectivity index (χ1n) is 7.95. The third-order valence-corrected chi connectivity index (χ3v) is 4.22. The van der Waals surface area contributed by atoms with Gasteiger partial charge in [0.25, 0.3) is 11.8 Å². The van der Waals surface area contributed by atoms with Crippen molar-refractivity contribution in [2.24, 2.45) is 0 Å². The highest BCUT2D eigenvalue weighted by Crippen LogP contribution is 2.15. The van der Waals surface area contributed by atoms with Crippen molar-refractivity contribution in [2.75, 3.05) is 45.2 Å². The Morgan fingerprint density at radius 1 is 0.917 bits per heavy atom. The molecule has 126 valence electrons. The average Bonchev–Trinajstić information content (AvgIpc) is 3.15. The molecule has 1 aliphatic rings. The molecule has 0 bridgehead atoms. The molecule has 1 fully saturated rings. The summed E-state index contributed by atoms with van der Waals surface area (Å²) in [5.41, 5.74) is 1.73. The van der Waals surface area contributed by atoms with Crippen LogP contribution >= 0.6 is 0 Å². The summed E-state index contributed by atoms with van der Waals surface area (Å²) in [6, 6.07) is 10.9. The van der Waals surface area contributed by atoms with Gasteiger partial charge in [0.2, 0.25) is 0 Å². The van der Waals surface area contributed by atoms with Gasteiger partial charge >= 0.3 is 0 Å². The smallest absolute Gasteiger partial charge is 0.289 e. The van der Waals surface area contributed by atoms with Crippen LogP contribution in [-0.2, 0) is 0 Å². The zero-order valence-corrected chi connectivity index (χ0v) is 13.9. The summed E-state index contributed by atoms with van der Waals surface area (Å²) in [6.07, 6.45) is 1.49. The molecule has 0 radical (unpaired) electrons. The molecule has 24 heavy (non-hydrogen) atoms. The van der Waals surface area contributed by atoms with Crippen LogP contribution in [0.1, 0.15) is 20.9 Å². The van der Waals surface area contributed by atoms with Gasteiger partial charge in [-0.2, -0.15) is 0 Å². The Hall–Kier alpha value is -2.76. The summed E-state index contributed by atoms with van der Waals surface area (Å²) in [4.78, 5) is 30.3. The van der Waals surface area contributed by atoms with E-state index in [9.17, 15) is 9.59 Å². The van der Waals surface area contributed by atoms with E-state index in [1.165, 1.54) is 6.26 Å². The Balaban J connectivity index is 1.60. The summed E-state index contributed by atoms with van der Waals surface area (Å²) < 4.78 is 5.15. The highest BCUT2D eigenvalue weighted by Gasteiger charge is 2.26. The molecule has 0 N–H and O–H groups in total. The SMILES string of the molecule is CN(C)c1ccc(C(=O)N2CCN(C(=O)c3ccco3)CC2)cc1. The molecule has 2 amide bonds. The van der Waals surface area contributed by atoms with Gasteiger partial charge < -0.3 is 19.1 Å². The van der Waals surface area contributed by atoms with Gasteiger partial charge in [-0.3, -0.25) is 9.59 Å². The second-order valence-corrected chi connectivity index (χ2v) is 6.00. The van der Waals surface area contributed by atoms with Crippen molar-refractivity contribution < 1.29 is 14.0 Å². The number of hydrogen-bond donors (Lipinski definition) is 0. The summed E-state index contributed by atoms with van der Waals surface area (Å²) in [5, 5.41) is 0. The molecule has 1 aliphatic heterocycles. The molecular weight excluding hydrogens is 306 g/mol. The fourth-order valence-corrected chi connectivity index (χ4v) is 2.75. The molecule has 1 aromatic carbocycles. The first-order valence-corrected chi connectivity index (χ1v) is 7.95. The molecule has 1 saturated heterocycles. The van der Waals surface area contributed by atoms with E-state index < -0.39 is 0 Å². The zero-order valence-electron chi connectivity index (χ0n) is 13.9. The number of carbonyl (C=O) groups excluding carboxylic acids is 2. The fraction of sp³-hybridized carbons (Fsp3) is 0.333. The molecule has 0 aliphatic carbocycles. The van der Waals surface area contributed by atoms with Gasteiger partial charge in [-0.15, -0.1) is 0 Å². The molecule has 0 unspecified atom stereocenters. The molecule has 2 aromatic rings. The van der Waals surface area contributed by atoms with E-state index in [0.29, 0.717) is 37.5 Å². The van der Waals surface area contributed by atoms with Crippen LogP contribution in [0.2, 0.25) is 0 Å². The van der Waals surface area contributed by atoms with Crippen LogP contribution in [0.25, 0.3) is 0 Å². The first kappa shape index (κ1) is 16.1. The first-order chi connectivity index (χ1) is 11.6. The molecular formula is C18H21N3O3. The van der Waals surface area contributed by atoms with Crippen molar-refractivity contribution in [2.45, 2.75) is 0 Å². The third-order valence-electron chi connectivity index (χ3n) is 4.22. The van der Waals surface area contributed by atoms with Gasteiger partial charge in [0.1, 0.15) is 0 Å². The second kappa shape index (κ2) is 6.78.